The molecule has 0 unspecified atom stereocenters. The Bertz CT molecular complexity index is 526. The van der Waals surface area contributed by atoms with Crippen LogP contribution in [0.5, 0.6) is 0 Å². The molecule has 2 N–H and O–H groups in total. The molecule has 0 radical (unpaired) electrons. The summed E-state index contributed by atoms with van der Waals surface area (Å²) in [5, 5.41) is 5.26. The summed E-state index contributed by atoms with van der Waals surface area (Å²) in [6.07, 6.45) is 0. The van der Waals surface area contributed by atoms with Crippen LogP contribution in [0.2, 0.25) is 0 Å². The maximum Gasteiger partial charge on any atom is 0.244 e. The molecule has 1 amide bonds. The Hall–Kier alpha value is -1.60. The minimum Gasteiger partial charge on any atom is -0.375 e. The molecule has 0 saturated carbocycles. The molecule has 0 aliphatic heterocycles. The molecule has 1 aromatic carbocycles. The van der Waals surface area contributed by atoms with Gasteiger partial charge in [-0.05, 0) is 12.1 Å². The lowest BCUT2D eigenvalue weighted by atomic mass is 10.3. The molecule has 0 saturated heterocycles. The standard InChI is InChI=1S/C11H17N3O3S/c1-12-11(15)8-13-9-6-4-5-7-10(9)18(16,17)14(2)3/h4-7,13H,8H2,1-3H3,(H,12,15). The second-order valence-electron chi connectivity index (χ2n) is 3.81. The van der Waals surface area contributed by atoms with Crippen LogP contribution in [-0.2, 0) is 14.8 Å². The summed E-state index contributed by atoms with van der Waals surface area (Å²) >= 11 is 0. The molecule has 0 aromatic heterocycles. The number of anilines is 1. The van der Waals surface area contributed by atoms with E-state index >= 15 is 0 Å². The summed E-state index contributed by atoms with van der Waals surface area (Å²) in [5.41, 5.74) is 0.412. The first-order chi connectivity index (χ1) is 8.39. The number of carbonyl (C=O) groups is 1. The Balaban J connectivity index is 3.04. The maximum absolute atomic E-state index is 12.1. The summed E-state index contributed by atoms with van der Waals surface area (Å²) < 4.78 is 25.2. The lowest BCUT2D eigenvalue weighted by molar-refractivity contribution is -0.118. The zero-order valence-electron chi connectivity index (χ0n) is 10.6. The monoisotopic (exact) mass is 271 g/mol. The highest BCUT2D eigenvalue weighted by atomic mass is 32.2. The van der Waals surface area contributed by atoms with Crippen LogP contribution < -0.4 is 10.6 Å². The molecule has 0 atom stereocenters. The summed E-state index contributed by atoms with van der Waals surface area (Å²) in [4.78, 5) is 11.3. The number of hydrogen-bond acceptors (Lipinski definition) is 4. The molecule has 18 heavy (non-hydrogen) atoms. The summed E-state index contributed by atoms with van der Waals surface area (Å²) in [7, 11) is 0.924. The van der Waals surface area contributed by atoms with Crippen molar-refractivity contribution in [1.29, 1.82) is 0 Å². The van der Waals surface area contributed by atoms with E-state index in [-0.39, 0.29) is 17.3 Å². The van der Waals surface area contributed by atoms with Gasteiger partial charge in [-0.15, -0.1) is 0 Å². The molecule has 0 aliphatic carbocycles. The zero-order chi connectivity index (χ0) is 13.8. The van der Waals surface area contributed by atoms with Crippen molar-refractivity contribution in [2.75, 3.05) is 33.0 Å². The molecule has 1 aromatic rings. The lowest BCUT2D eigenvalue weighted by Gasteiger charge is -2.15. The van der Waals surface area contributed by atoms with Gasteiger partial charge in [-0.2, -0.15) is 0 Å². The molecule has 0 bridgehead atoms. The molecule has 6 nitrogen and oxygen atoms in total. The van der Waals surface area contributed by atoms with Gasteiger partial charge in [0.1, 0.15) is 4.90 Å². The minimum atomic E-state index is -3.52. The molecule has 0 spiro atoms. The molecule has 0 aliphatic rings. The highest BCUT2D eigenvalue weighted by molar-refractivity contribution is 7.89. The van der Waals surface area contributed by atoms with E-state index in [1.54, 1.807) is 18.2 Å². The van der Waals surface area contributed by atoms with Crippen molar-refractivity contribution in [3.8, 4) is 0 Å². The Morgan fingerprint density at radius 3 is 2.44 bits per heavy atom. The fourth-order valence-electron chi connectivity index (χ4n) is 1.30. The molecule has 7 heteroatoms. The Morgan fingerprint density at radius 2 is 1.89 bits per heavy atom. The van der Waals surface area contributed by atoms with Crippen LogP contribution in [0.4, 0.5) is 5.69 Å². The van der Waals surface area contributed by atoms with Gasteiger partial charge in [0.15, 0.2) is 0 Å². The lowest BCUT2D eigenvalue weighted by Crippen LogP contribution is -2.28. The first kappa shape index (κ1) is 14.5. The van der Waals surface area contributed by atoms with E-state index in [9.17, 15) is 13.2 Å². The number of carbonyl (C=O) groups excluding carboxylic acids is 1. The summed E-state index contributed by atoms with van der Waals surface area (Å²) in [6.45, 7) is 0.0243. The van der Waals surface area contributed by atoms with Crippen LogP contribution in [0.25, 0.3) is 0 Å². The molecule has 0 fully saturated rings. The van der Waals surface area contributed by atoms with Crippen molar-refractivity contribution in [2.24, 2.45) is 0 Å². The average Bonchev–Trinajstić information content (AvgIpc) is 2.35. The van der Waals surface area contributed by atoms with Crippen molar-refractivity contribution < 1.29 is 13.2 Å². The third kappa shape index (κ3) is 3.21. The van der Waals surface area contributed by atoms with Gasteiger partial charge in [-0.3, -0.25) is 4.79 Å². The van der Waals surface area contributed by atoms with E-state index in [0.29, 0.717) is 5.69 Å². The molecular formula is C11H17N3O3S. The third-order valence-corrected chi connectivity index (χ3v) is 4.24. The maximum atomic E-state index is 12.1. The predicted molar refractivity (Wildman–Crippen MR) is 69.9 cm³/mol. The van der Waals surface area contributed by atoms with Crippen molar-refractivity contribution in [2.45, 2.75) is 4.90 Å². The molecular weight excluding hydrogens is 254 g/mol. The number of rotatable bonds is 5. The minimum absolute atomic E-state index is 0.0243. The number of amides is 1. The van der Waals surface area contributed by atoms with Crippen LogP contribution in [0.3, 0.4) is 0 Å². The largest absolute Gasteiger partial charge is 0.375 e. The second-order valence-corrected chi connectivity index (χ2v) is 5.93. The number of likely N-dealkylation sites (N-methyl/N-ethyl adjacent to an activating group) is 1. The first-order valence-electron chi connectivity index (χ1n) is 5.35. The van der Waals surface area contributed by atoms with Crippen LogP contribution in [0.1, 0.15) is 0 Å². The fraction of sp³-hybridized carbons (Fsp3) is 0.364. The summed E-state index contributed by atoms with van der Waals surface area (Å²) in [6, 6.07) is 6.48. The van der Waals surface area contributed by atoms with Crippen LogP contribution >= 0.6 is 0 Å². The van der Waals surface area contributed by atoms with E-state index < -0.39 is 10.0 Å². The fourth-order valence-corrected chi connectivity index (χ4v) is 2.36. The Morgan fingerprint density at radius 1 is 1.28 bits per heavy atom. The number of nitrogens with zero attached hydrogens (tertiary/aromatic N) is 1. The second kappa shape index (κ2) is 5.83. The smallest absolute Gasteiger partial charge is 0.244 e. The van der Waals surface area contributed by atoms with E-state index in [1.165, 1.54) is 27.2 Å². The van der Waals surface area contributed by atoms with Gasteiger partial charge in [-0.1, -0.05) is 12.1 Å². The van der Waals surface area contributed by atoms with Gasteiger partial charge in [-0.25, -0.2) is 12.7 Å². The molecule has 0 heterocycles. The molecule has 1 rings (SSSR count). The Kier molecular flexibility index (Phi) is 4.69. The topological polar surface area (TPSA) is 78.5 Å². The van der Waals surface area contributed by atoms with Gasteiger partial charge >= 0.3 is 0 Å². The third-order valence-electron chi connectivity index (χ3n) is 2.36. The highest BCUT2D eigenvalue weighted by Crippen LogP contribution is 2.22. The SMILES string of the molecule is CNC(=O)CNc1ccccc1S(=O)(=O)N(C)C. The van der Waals surface area contributed by atoms with Crippen LogP contribution in [-0.4, -0.2) is 46.3 Å². The van der Waals surface area contributed by atoms with Gasteiger partial charge in [0.05, 0.1) is 12.2 Å². The Labute approximate surface area is 107 Å². The predicted octanol–water partition coefficient (Wildman–Crippen LogP) is 0.0948. The number of sulfonamides is 1. The van der Waals surface area contributed by atoms with Crippen LogP contribution in [0.15, 0.2) is 29.2 Å². The van der Waals surface area contributed by atoms with Gasteiger partial charge in [0.2, 0.25) is 15.9 Å². The van der Waals surface area contributed by atoms with E-state index in [0.717, 1.165) is 4.31 Å². The van der Waals surface area contributed by atoms with E-state index in [2.05, 4.69) is 10.6 Å². The normalized spacial score (nSPS) is 11.3. The van der Waals surface area contributed by atoms with Gasteiger partial charge in [0.25, 0.3) is 0 Å². The van der Waals surface area contributed by atoms with Crippen molar-refractivity contribution >= 4 is 21.6 Å². The van der Waals surface area contributed by atoms with E-state index in [1.807, 2.05) is 0 Å². The first-order valence-corrected chi connectivity index (χ1v) is 6.79. The quantitative estimate of drug-likeness (QED) is 0.796. The van der Waals surface area contributed by atoms with Crippen molar-refractivity contribution in [3.63, 3.8) is 0 Å². The van der Waals surface area contributed by atoms with Crippen molar-refractivity contribution in [3.05, 3.63) is 24.3 Å². The number of hydrogen-bond donors (Lipinski definition) is 2. The number of nitrogens with one attached hydrogen (secondary N) is 2. The number of benzene rings is 1. The summed E-state index contributed by atoms with van der Waals surface area (Å²) in [5.74, 6) is -0.216. The zero-order valence-corrected chi connectivity index (χ0v) is 11.4. The van der Waals surface area contributed by atoms with Gasteiger partial charge in [0, 0.05) is 21.1 Å². The number of para-hydroxylation sites is 1. The molecule has 100 valence electrons. The average molecular weight is 271 g/mol. The van der Waals surface area contributed by atoms with Crippen molar-refractivity contribution in [1.82, 2.24) is 9.62 Å². The highest BCUT2D eigenvalue weighted by Gasteiger charge is 2.20. The van der Waals surface area contributed by atoms with Crippen LogP contribution in [0, 0.1) is 0 Å². The van der Waals surface area contributed by atoms with Gasteiger partial charge < -0.3 is 10.6 Å². The van der Waals surface area contributed by atoms with E-state index in [4.69, 9.17) is 0 Å².